The van der Waals surface area contributed by atoms with Crippen molar-refractivity contribution in [3.63, 3.8) is 0 Å². The predicted octanol–water partition coefficient (Wildman–Crippen LogP) is 5.14. The number of carbonyl (C=O) groups excluding carboxylic acids is 2. The molecule has 0 aliphatic heterocycles. The van der Waals surface area contributed by atoms with E-state index in [0.717, 1.165) is 9.87 Å². The van der Waals surface area contributed by atoms with Crippen LogP contribution in [0.15, 0.2) is 77.7 Å². The van der Waals surface area contributed by atoms with Crippen LogP contribution >= 0.6 is 23.2 Å². The van der Waals surface area contributed by atoms with Gasteiger partial charge in [-0.3, -0.25) is 13.9 Å². The Kier molecular flexibility index (Phi) is 10.2. The van der Waals surface area contributed by atoms with Crippen LogP contribution in [0.3, 0.4) is 0 Å². The van der Waals surface area contributed by atoms with Gasteiger partial charge in [0.1, 0.15) is 18.3 Å². The summed E-state index contributed by atoms with van der Waals surface area (Å²) in [6, 6.07) is 18.1. The predicted molar refractivity (Wildman–Crippen MR) is 154 cm³/mol. The van der Waals surface area contributed by atoms with Gasteiger partial charge in [0.15, 0.2) is 0 Å². The van der Waals surface area contributed by atoms with Crippen LogP contribution < -0.4 is 14.4 Å². The largest absolute Gasteiger partial charge is 0.497 e. The Hall–Kier alpha value is -3.27. The monoisotopic (exact) mass is 591 g/mol. The summed E-state index contributed by atoms with van der Waals surface area (Å²) < 4.78 is 33.7. The van der Waals surface area contributed by atoms with Crippen LogP contribution in [0.5, 0.6) is 5.75 Å². The highest BCUT2D eigenvalue weighted by atomic mass is 35.5. The highest BCUT2D eigenvalue weighted by molar-refractivity contribution is 7.92. The van der Waals surface area contributed by atoms with Crippen molar-refractivity contribution in [3.8, 4) is 5.75 Å². The van der Waals surface area contributed by atoms with Crippen molar-refractivity contribution in [2.45, 2.75) is 44.3 Å². The Morgan fingerprint density at radius 1 is 0.923 bits per heavy atom. The second-order valence-electron chi connectivity index (χ2n) is 9.16. The first kappa shape index (κ1) is 30.3. The zero-order valence-corrected chi connectivity index (χ0v) is 24.4. The highest BCUT2D eigenvalue weighted by Crippen LogP contribution is 2.30. The lowest BCUT2D eigenvalue weighted by Crippen LogP contribution is -2.52. The van der Waals surface area contributed by atoms with Crippen molar-refractivity contribution in [1.82, 2.24) is 10.2 Å². The maximum absolute atomic E-state index is 13.9. The SMILES string of the molecule is COc1ccc(CN(C(=O)CN(c2cc(Cl)cc(Cl)c2)S(=O)(=O)c2ccccc2)[C@@H](C)C(=O)NC(C)C)cc1. The third kappa shape index (κ3) is 7.88. The first-order chi connectivity index (χ1) is 18.4. The number of carbonyl (C=O) groups is 2. The maximum atomic E-state index is 13.9. The number of amides is 2. The number of nitrogens with one attached hydrogen (secondary N) is 1. The standard InChI is InChI=1S/C28H31Cl2N3O5S/c1-19(2)31-28(35)20(3)32(17-21-10-12-25(38-4)13-11-21)27(34)18-33(24-15-22(29)14-23(30)16-24)39(36,37)26-8-6-5-7-9-26/h5-16,19-20H,17-18H2,1-4H3,(H,31,35)/t20-/m0/s1. The first-order valence-electron chi connectivity index (χ1n) is 12.2. The van der Waals surface area contributed by atoms with Gasteiger partial charge in [-0.25, -0.2) is 8.42 Å². The number of rotatable bonds is 11. The van der Waals surface area contributed by atoms with E-state index in [1.54, 1.807) is 56.5 Å². The van der Waals surface area contributed by atoms with E-state index in [1.165, 1.54) is 35.2 Å². The number of methoxy groups -OCH3 is 1. The fraction of sp³-hybridized carbons (Fsp3) is 0.286. The Bertz CT molecular complexity index is 1380. The van der Waals surface area contributed by atoms with Crippen LogP contribution in [0.4, 0.5) is 5.69 Å². The van der Waals surface area contributed by atoms with Gasteiger partial charge in [0.2, 0.25) is 11.8 Å². The third-order valence-corrected chi connectivity index (χ3v) is 8.08. The van der Waals surface area contributed by atoms with Crippen molar-refractivity contribution < 1.29 is 22.7 Å². The molecule has 0 aliphatic carbocycles. The van der Waals surface area contributed by atoms with Crippen molar-refractivity contribution >= 4 is 50.7 Å². The van der Waals surface area contributed by atoms with E-state index >= 15 is 0 Å². The molecule has 39 heavy (non-hydrogen) atoms. The average Bonchev–Trinajstić information content (AvgIpc) is 2.89. The summed E-state index contributed by atoms with van der Waals surface area (Å²) in [6.45, 7) is 4.70. The molecule has 0 saturated carbocycles. The topological polar surface area (TPSA) is 96.0 Å². The zero-order valence-electron chi connectivity index (χ0n) is 22.1. The summed E-state index contributed by atoms with van der Waals surface area (Å²) in [4.78, 5) is 28.2. The molecule has 208 valence electrons. The molecular weight excluding hydrogens is 561 g/mol. The van der Waals surface area contributed by atoms with Gasteiger partial charge >= 0.3 is 0 Å². The Morgan fingerprint density at radius 3 is 2.05 bits per heavy atom. The van der Waals surface area contributed by atoms with Crippen LogP contribution in [0.1, 0.15) is 26.3 Å². The summed E-state index contributed by atoms with van der Waals surface area (Å²) >= 11 is 12.4. The van der Waals surface area contributed by atoms with Gasteiger partial charge in [-0.05, 0) is 68.8 Å². The number of nitrogens with zero attached hydrogens (tertiary/aromatic N) is 2. The minimum Gasteiger partial charge on any atom is -0.497 e. The fourth-order valence-electron chi connectivity index (χ4n) is 3.85. The van der Waals surface area contributed by atoms with Gasteiger partial charge < -0.3 is 15.0 Å². The maximum Gasteiger partial charge on any atom is 0.264 e. The van der Waals surface area contributed by atoms with E-state index in [0.29, 0.717) is 5.75 Å². The molecule has 3 rings (SSSR count). The molecule has 0 saturated heterocycles. The molecule has 2 amide bonds. The van der Waals surface area contributed by atoms with Crippen LogP contribution in [-0.4, -0.2) is 50.9 Å². The quantitative estimate of drug-likeness (QED) is 0.333. The number of halogens is 2. The van der Waals surface area contributed by atoms with Gasteiger partial charge in [-0.1, -0.05) is 53.5 Å². The summed E-state index contributed by atoms with van der Waals surface area (Å²) in [6.07, 6.45) is 0. The second kappa shape index (κ2) is 13.2. The van der Waals surface area contributed by atoms with Gasteiger partial charge in [-0.15, -0.1) is 0 Å². The normalized spacial score (nSPS) is 12.1. The minimum atomic E-state index is -4.21. The van der Waals surface area contributed by atoms with Crippen LogP contribution in [-0.2, 0) is 26.2 Å². The Balaban J connectivity index is 2.04. The van der Waals surface area contributed by atoms with E-state index in [2.05, 4.69) is 5.32 Å². The van der Waals surface area contributed by atoms with Gasteiger partial charge in [0.25, 0.3) is 10.0 Å². The van der Waals surface area contributed by atoms with Crippen molar-refractivity contribution in [2.24, 2.45) is 0 Å². The summed E-state index contributed by atoms with van der Waals surface area (Å²) in [7, 11) is -2.66. The summed E-state index contributed by atoms with van der Waals surface area (Å²) in [5.74, 6) is -0.317. The minimum absolute atomic E-state index is 0.0128. The van der Waals surface area contributed by atoms with Crippen LogP contribution in [0.2, 0.25) is 10.0 Å². The van der Waals surface area contributed by atoms with E-state index in [9.17, 15) is 18.0 Å². The smallest absolute Gasteiger partial charge is 0.264 e. The highest BCUT2D eigenvalue weighted by Gasteiger charge is 2.33. The Morgan fingerprint density at radius 2 is 1.51 bits per heavy atom. The molecule has 1 atom stereocenters. The number of hydrogen-bond acceptors (Lipinski definition) is 5. The molecule has 0 aliphatic rings. The Labute approximate surface area is 239 Å². The lowest BCUT2D eigenvalue weighted by Gasteiger charge is -2.32. The number of anilines is 1. The van der Waals surface area contributed by atoms with E-state index in [4.69, 9.17) is 27.9 Å². The van der Waals surface area contributed by atoms with E-state index < -0.39 is 28.5 Å². The molecule has 0 radical (unpaired) electrons. The van der Waals surface area contributed by atoms with Crippen molar-refractivity contribution in [3.05, 3.63) is 88.4 Å². The van der Waals surface area contributed by atoms with Crippen LogP contribution in [0, 0.1) is 0 Å². The molecule has 0 spiro atoms. The lowest BCUT2D eigenvalue weighted by molar-refractivity contribution is -0.139. The van der Waals surface area contributed by atoms with Gasteiger partial charge in [-0.2, -0.15) is 0 Å². The van der Waals surface area contributed by atoms with E-state index in [1.807, 2.05) is 13.8 Å². The van der Waals surface area contributed by atoms with Crippen LogP contribution in [0.25, 0.3) is 0 Å². The molecule has 0 aromatic heterocycles. The molecule has 0 bridgehead atoms. The fourth-order valence-corrected chi connectivity index (χ4v) is 5.78. The molecule has 3 aromatic carbocycles. The molecule has 1 N–H and O–H groups in total. The molecular formula is C28H31Cl2N3O5S. The van der Waals surface area contributed by atoms with Crippen molar-refractivity contribution in [2.75, 3.05) is 18.0 Å². The second-order valence-corrected chi connectivity index (χ2v) is 11.9. The third-order valence-electron chi connectivity index (χ3n) is 5.86. The molecule has 8 nitrogen and oxygen atoms in total. The number of benzene rings is 3. The lowest BCUT2D eigenvalue weighted by atomic mass is 10.1. The van der Waals surface area contributed by atoms with Gasteiger partial charge in [0.05, 0.1) is 17.7 Å². The molecule has 11 heteroatoms. The zero-order chi connectivity index (χ0) is 28.7. The number of sulfonamides is 1. The van der Waals surface area contributed by atoms with Gasteiger partial charge in [0, 0.05) is 22.6 Å². The van der Waals surface area contributed by atoms with E-state index in [-0.39, 0.29) is 39.1 Å². The summed E-state index contributed by atoms with van der Waals surface area (Å²) in [5.41, 5.74) is 0.852. The number of ether oxygens (including phenoxy) is 1. The molecule has 0 fully saturated rings. The molecule has 3 aromatic rings. The first-order valence-corrected chi connectivity index (χ1v) is 14.4. The summed E-state index contributed by atoms with van der Waals surface area (Å²) in [5, 5.41) is 3.23. The number of hydrogen-bond donors (Lipinski definition) is 1. The average molecular weight is 593 g/mol. The molecule has 0 heterocycles. The van der Waals surface area contributed by atoms with Crippen molar-refractivity contribution in [1.29, 1.82) is 0 Å². The molecule has 0 unspecified atom stereocenters.